The van der Waals surface area contributed by atoms with Crippen molar-refractivity contribution in [3.63, 3.8) is 0 Å². The van der Waals surface area contributed by atoms with Crippen LogP contribution in [0.1, 0.15) is 0 Å². The second-order valence-electron chi connectivity index (χ2n) is 13.4. The van der Waals surface area contributed by atoms with Crippen LogP contribution in [0.3, 0.4) is 0 Å². The average Bonchev–Trinajstić information content (AvgIpc) is 3.30. The van der Waals surface area contributed by atoms with Gasteiger partial charge in [-0.2, -0.15) is 0 Å². The van der Waals surface area contributed by atoms with Crippen molar-refractivity contribution in [3.8, 4) is 0 Å². The van der Waals surface area contributed by atoms with Crippen LogP contribution in [-0.2, 0) is 4.65 Å². The van der Waals surface area contributed by atoms with Crippen LogP contribution in [0.5, 0.6) is 0 Å². The molecule has 3 nitrogen and oxygen atoms in total. The fraction of sp³-hybridized carbons (Fsp3) is 0. The van der Waals surface area contributed by atoms with Crippen LogP contribution in [0.4, 0.5) is 76.3 Å². The molecule has 20 heteroatoms. The van der Waals surface area contributed by atoms with Gasteiger partial charge in [-0.15, -0.1) is 4.67 Å². The highest BCUT2D eigenvalue weighted by Crippen LogP contribution is 2.60. The summed E-state index contributed by atoms with van der Waals surface area (Å²) in [5, 5.41) is 0.306. The first-order valence-corrected chi connectivity index (χ1v) is 19.5. The SMILES string of the molecule is O=C(O[B-](c1c(F)c(F)c(F)c(F)c1F)(c1c(F)c(F)c(F)c(F)c1F)c1c(F)c(F)c(F)c(F)c1F)N(c1ccccc1)[P+](c1ccccc1)(c1ccccc1)c1ccccc1. The van der Waals surface area contributed by atoms with E-state index in [1.54, 1.807) is 0 Å². The Hall–Kier alpha value is -6.75. The Morgan fingerprint density at radius 3 is 0.825 bits per heavy atom. The van der Waals surface area contributed by atoms with Gasteiger partial charge in [0.1, 0.15) is 50.8 Å². The summed E-state index contributed by atoms with van der Waals surface area (Å²) in [5.41, 5.74) is -9.70. The molecule has 0 aliphatic carbocycles. The minimum Gasteiger partial charge on any atom is -0.657 e. The largest absolute Gasteiger partial charge is 0.657 e. The molecule has 0 saturated carbocycles. The number of hydrogen-bond donors (Lipinski definition) is 0. The third-order valence-corrected chi connectivity index (χ3v) is 14.2. The average molecular weight is 909 g/mol. The Labute approximate surface area is 345 Å². The van der Waals surface area contributed by atoms with E-state index in [2.05, 4.69) is 0 Å². The van der Waals surface area contributed by atoms with Crippen LogP contribution < -0.4 is 37.0 Å². The van der Waals surface area contributed by atoms with Gasteiger partial charge < -0.3 is 4.65 Å². The highest BCUT2D eigenvalue weighted by atomic mass is 31.2. The maximum absolute atomic E-state index is 16.4. The molecule has 0 N–H and O–H groups in total. The van der Waals surface area contributed by atoms with Crippen LogP contribution in [-0.4, -0.2) is 12.4 Å². The number of anilines is 1. The maximum Gasteiger partial charge on any atom is 0.400 e. The normalized spacial score (nSPS) is 11.8. The number of rotatable bonds is 9. The quantitative estimate of drug-likeness (QED) is 0.0476. The van der Waals surface area contributed by atoms with Crippen LogP contribution in [0.15, 0.2) is 121 Å². The van der Waals surface area contributed by atoms with E-state index in [4.69, 9.17) is 4.65 Å². The first-order valence-electron chi connectivity index (χ1n) is 17.8. The van der Waals surface area contributed by atoms with Gasteiger partial charge in [0.15, 0.2) is 52.4 Å². The molecule has 0 heterocycles. The van der Waals surface area contributed by atoms with Crippen molar-refractivity contribution in [1.29, 1.82) is 0 Å². The van der Waals surface area contributed by atoms with Crippen molar-refractivity contribution in [1.82, 2.24) is 0 Å². The predicted molar refractivity (Wildman–Crippen MR) is 204 cm³/mol. The number of benzene rings is 7. The topological polar surface area (TPSA) is 29.5 Å². The molecule has 0 fully saturated rings. The van der Waals surface area contributed by atoms with Crippen molar-refractivity contribution < 1.29 is 75.3 Å². The lowest BCUT2D eigenvalue weighted by Gasteiger charge is -2.46. The van der Waals surface area contributed by atoms with Crippen LogP contribution >= 0.6 is 7.41 Å². The van der Waals surface area contributed by atoms with Gasteiger partial charge in [-0.05, 0) is 48.5 Å². The van der Waals surface area contributed by atoms with E-state index >= 15 is 57.5 Å². The lowest BCUT2D eigenvalue weighted by atomic mass is 9.27. The lowest BCUT2D eigenvalue weighted by Crippen LogP contribution is -2.76. The number of amides is 1. The van der Waals surface area contributed by atoms with Crippen LogP contribution in [0, 0.1) is 87.3 Å². The number of hydrogen-bond acceptors (Lipinski definition) is 2. The molecule has 1 amide bonds. The van der Waals surface area contributed by atoms with E-state index in [0.717, 1.165) is 12.1 Å². The molecule has 7 aromatic rings. The van der Waals surface area contributed by atoms with Gasteiger partial charge in [0.25, 0.3) is 6.35 Å². The molecule has 0 aliphatic rings. The summed E-state index contributed by atoms with van der Waals surface area (Å²) in [6.07, 6.45) is -9.14. The summed E-state index contributed by atoms with van der Waals surface area (Å²) in [7, 11) is -4.27. The molecule has 7 aromatic carbocycles. The second kappa shape index (κ2) is 16.8. The van der Waals surface area contributed by atoms with Crippen LogP contribution in [0.2, 0.25) is 0 Å². The summed E-state index contributed by atoms with van der Waals surface area (Å²) in [6.45, 7) is 0. The summed E-state index contributed by atoms with van der Waals surface area (Å²) < 4.78 is 241. The zero-order valence-corrected chi connectivity index (χ0v) is 31.9. The number of halogens is 15. The maximum atomic E-state index is 16.4. The molecule has 0 spiro atoms. The second-order valence-corrected chi connectivity index (χ2v) is 16.6. The van der Waals surface area contributed by atoms with E-state index in [9.17, 15) is 13.2 Å². The predicted octanol–water partition coefficient (Wildman–Crippen LogP) is 9.29. The van der Waals surface area contributed by atoms with Gasteiger partial charge in [-0.3, -0.25) is 0 Å². The third-order valence-electron chi connectivity index (χ3n) is 10.1. The fourth-order valence-corrected chi connectivity index (χ4v) is 11.6. The van der Waals surface area contributed by atoms with E-state index < -0.39 is 129 Å². The summed E-state index contributed by atoms with van der Waals surface area (Å²) in [5.74, 6) is -48.8. The molecule has 322 valence electrons. The number of carbonyl (C=O) groups excluding carboxylic acids is 1. The lowest BCUT2D eigenvalue weighted by molar-refractivity contribution is 0.211. The van der Waals surface area contributed by atoms with Crippen molar-refractivity contribution in [2.75, 3.05) is 4.67 Å². The van der Waals surface area contributed by atoms with E-state index in [1.807, 2.05) is 0 Å². The van der Waals surface area contributed by atoms with Gasteiger partial charge in [0.05, 0.1) is 5.69 Å². The molecular weight excluding hydrogens is 889 g/mol. The molecule has 7 rings (SSSR count). The molecule has 0 bridgehead atoms. The van der Waals surface area contributed by atoms with Gasteiger partial charge in [0, 0.05) is 0 Å². The van der Waals surface area contributed by atoms with Crippen LogP contribution in [0.25, 0.3) is 0 Å². The highest BCUT2D eigenvalue weighted by molar-refractivity contribution is 7.97. The van der Waals surface area contributed by atoms with Gasteiger partial charge in [0.2, 0.25) is 7.41 Å². The summed E-state index contributed by atoms with van der Waals surface area (Å²) >= 11 is 0. The van der Waals surface area contributed by atoms with Crippen molar-refractivity contribution in [2.45, 2.75) is 0 Å². The Bertz CT molecular complexity index is 2560. The molecule has 0 radical (unpaired) electrons. The van der Waals surface area contributed by atoms with Crippen molar-refractivity contribution in [2.24, 2.45) is 0 Å². The minimum absolute atomic E-state index is 0.102. The molecular formula is C43H20BF15NO2P. The Morgan fingerprint density at radius 1 is 0.349 bits per heavy atom. The van der Waals surface area contributed by atoms with Gasteiger partial charge in [-0.1, -0.05) is 89.2 Å². The number of carbonyl (C=O) groups is 1. The fourth-order valence-electron chi connectivity index (χ4n) is 7.44. The number of para-hydroxylation sites is 1. The Balaban J connectivity index is 1.77. The molecule has 0 saturated heterocycles. The first kappa shape index (κ1) is 44.3. The van der Waals surface area contributed by atoms with E-state index in [-0.39, 0.29) is 15.9 Å². The summed E-state index contributed by atoms with van der Waals surface area (Å²) in [4.78, 5) is 15.7. The highest BCUT2D eigenvalue weighted by Gasteiger charge is 2.58. The monoisotopic (exact) mass is 909 g/mol. The zero-order chi connectivity index (χ0) is 45.7. The number of nitrogens with zero attached hydrogens (tertiary/aromatic N) is 1. The zero-order valence-electron chi connectivity index (χ0n) is 31.0. The Morgan fingerprint density at radius 2 is 0.571 bits per heavy atom. The molecule has 0 unspecified atom stereocenters. The van der Waals surface area contributed by atoms with Crippen molar-refractivity contribution >= 4 is 57.8 Å². The van der Waals surface area contributed by atoms with E-state index in [1.165, 1.54) is 109 Å². The molecule has 0 aromatic heterocycles. The standard InChI is InChI=1S/C43H20BF15NO2P/c45-28-25(29(46)35(52)40(57)34(28)51)44(26-30(47)36(53)41(58)37(54)31(26)48,27-32(49)38(55)42(59)39(56)33(27)50)62-43(61)60(21-13-5-1-6-14-21)63(22-15-7-2-8-16-22,23-17-9-3-10-18-23)24-19-11-4-12-20-24/h1-20H. The molecule has 63 heavy (non-hydrogen) atoms. The van der Waals surface area contributed by atoms with Gasteiger partial charge in [-0.25, -0.2) is 70.7 Å². The van der Waals surface area contributed by atoms with Crippen molar-refractivity contribution in [3.05, 3.63) is 209 Å². The van der Waals surface area contributed by atoms with E-state index in [0.29, 0.717) is 4.67 Å². The smallest absolute Gasteiger partial charge is 0.400 e. The third kappa shape index (κ3) is 6.76. The molecule has 0 atom stereocenters. The van der Waals surface area contributed by atoms with Gasteiger partial charge >= 0.3 is 6.09 Å². The minimum atomic E-state index is -6.74. The molecule has 0 aliphatic heterocycles. The Kier molecular flexibility index (Phi) is 11.9. The first-order chi connectivity index (χ1) is 30.0. The summed E-state index contributed by atoms with van der Waals surface area (Å²) in [6, 6.07) is 27.7.